The summed E-state index contributed by atoms with van der Waals surface area (Å²) in [6.45, 7) is 2.67. The number of hydrogen-bond donors (Lipinski definition) is 1. The lowest BCUT2D eigenvalue weighted by atomic mass is 10.00. The van der Waals surface area contributed by atoms with Crippen molar-refractivity contribution in [1.82, 2.24) is 4.90 Å². The molecular weight excluding hydrogens is 246 g/mol. The van der Waals surface area contributed by atoms with Crippen LogP contribution in [0.2, 0.25) is 0 Å². The molecular formula is C14H20ClN3. The van der Waals surface area contributed by atoms with Crippen LogP contribution in [0, 0.1) is 11.3 Å². The van der Waals surface area contributed by atoms with Crippen LogP contribution in [0.25, 0.3) is 0 Å². The average Bonchev–Trinajstić information content (AvgIpc) is 2.40. The summed E-state index contributed by atoms with van der Waals surface area (Å²) < 4.78 is 0. The molecule has 1 unspecified atom stereocenters. The van der Waals surface area contributed by atoms with Crippen molar-refractivity contribution in [2.45, 2.75) is 31.8 Å². The second kappa shape index (κ2) is 7.38. The molecule has 1 saturated heterocycles. The second-order valence-corrected chi connectivity index (χ2v) is 4.62. The first kappa shape index (κ1) is 15.0. The van der Waals surface area contributed by atoms with Gasteiger partial charge in [-0.05, 0) is 31.0 Å². The standard InChI is InChI=1S/C14H19N3.ClH/c15-9-12-5-1-2-6-13(12)11-17-8-4-3-7-14(17)10-16;/h1-2,5-6,14H,3-4,7-8,10-11,16H2;1H. The molecule has 98 valence electrons. The fourth-order valence-electron chi connectivity index (χ4n) is 2.52. The highest BCUT2D eigenvalue weighted by atomic mass is 35.5. The Balaban J connectivity index is 0.00000162. The molecule has 2 rings (SSSR count). The van der Waals surface area contributed by atoms with Gasteiger partial charge in [-0.3, -0.25) is 4.90 Å². The van der Waals surface area contributed by atoms with Gasteiger partial charge in [-0.25, -0.2) is 0 Å². The van der Waals surface area contributed by atoms with Crippen molar-refractivity contribution in [3.8, 4) is 6.07 Å². The molecule has 0 bridgehead atoms. The Labute approximate surface area is 115 Å². The van der Waals surface area contributed by atoms with Gasteiger partial charge in [0.2, 0.25) is 0 Å². The Hall–Kier alpha value is -1.08. The van der Waals surface area contributed by atoms with Crippen molar-refractivity contribution in [2.24, 2.45) is 5.73 Å². The molecule has 0 aliphatic carbocycles. The number of piperidine rings is 1. The summed E-state index contributed by atoms with van der Waals surface area (Å²) >= 11 is 0. The van der Waals surface area contributed by atoms with E-state index in [4.69, 9.17) is 11.0 Å². The number of halogens is 1. The van der Waals surface area contributed by atoms with Crippen LogP contribution in [0.15, 0.2) is 24.3 Å². The summed E-state index contributed by atoms with van der Waals surface area (Å²) in [4.78, 5) is 2.42. The van der Waals surface area contributed by atoms with Gasteiger partial charge in [-0.1, -0.05) is 24.6 Å². The molecule has 1 heterocycles. The maximum Gasteiger partial charge on any atom is 0.0995 e. The van der Waals surface area contributed by atoms with Gasteiger partial charge in [-0.2, -0.15) is 5.26 Å². The molecule has 0 aromatic heterocycles. The highest BCUT2D eigenvalue weighted by molar-refractivity contribution is 5.85. The SMILES string of the molecule is Cl.N#Cc1ccccc1CN1CCCCC1CN. The maximum absolute atomic E-state index is 9.08. The largest absolute Gasteiger partial charge is 0.329 e. The summed E-state index contributed by atoms with van der Waals surface area (Å²) in [5.41, 5.74) is 7.72. The van der Waals surface area contributed by atoms with Gasteiger partial charge in [0, 0.05) is 19.1 Å². The first-order valence-corrected chi connectivity index (χ1v) is 6.27. The van der Waals surface area contributed by atoms with Crippen LogP contribution in [-0.2, 0) is 6.54 Å². The summed E-state index contributed by atoms with van der Waals surface area (Å²) in [5, 5.41) is 9.08. The molecule has 18 heavy (non-hydrogen) atoms. The third-order valence-electron chi connectivity index (χ3n) is 3.53. The molecule has 0 radical (unpaired) electrons. The van der Waals surface area contributed by atoms with Gasteiger partial charge in [-0.15, -0.1) is 12.4 Å². The molecule has 1 fully saturated rings. The predicted molar refractivity (Wildman–Crippen MR) is 75.5 cm³/mol. The molecule has 1 aliphatic rings. The molecule has 0 spiro atoms. The van der Waals surface area contributed by atoms with Crippen molar-refractivity contribution in [3.05, 3.63) is 35.4 Å². The smallest absolute Gasteiger partial charge is 0.0995 e. The number of nitrogens with zero attached hydrogens (tertiary/aromatic N) is 2. The molecule has 0 saturated carbocycles. The van der Waals surface area contributed by atoms with Gasteiger partial charge >= 0.3 is 0 Å². The van der Waals surface area contributed by atoms with E-state index in [0.29, 0.717) is 12.6 Å². The van der Waals surface area contributed by atoms with E-state index in [-0.39, 0.29) is 12.4 Å². The van der Waals surface area contributed by atoms with E-state index in [1.54, 1.807) is 0 Å². The van der Waals surface area contributed by atoms with E-state index >= 15 is 0 Å². The Morgan fingerprint density at radius 3 is 2.83 bits per heavy atom. The van der Waals surface area contributed by atoms with Crippen LogP contribution in [0.4, 0.5) is 0 Å². The van der Waals surface area contributed by atoms with E-state index in [1.165, 1.54) is 19.3 Å². The zero-order valence-corrected chi connectivity index (χ0v) is 11.3. The first-order valence-electron chi connectivity index (χ1n) is 6.27. The van der Waals surface area contributed by atoms with Crippen LogP contribution in [-0.4, -0.2) is 24.0 Å². The Morgan fingerprint density at radius 1 is 1.33 bits per heavy atom. The normalized spacial score (nSPS) is 19.9. The number of likely N-dealkylation sites (tertiary alicyclic amines) is 1. The van der Waals surface area contributed by atoms with Gasteiger partial charge in [0.25, 0.3) is 0 Å². The van der Waals surface area contributed by atoms with Gasteiger partial charge in [0.15, 0.2) is 0 Å². The van der Waals surface area contributed by atoms with Crippen LogP contribution in [0.5, 0.6) is 0 Å². The molecule has 0 amide bonds. The van der Waals surface area contributed by atoms with Gasteiger partial charge < -0.3 is 5.73 Å². The lowest BCUT2D eigenvalue weighted by Crippen LogP contribution is -2.43. The Bertz CT molecular complexity index is 414. The minimum absolute atomic E-state index is 0. The lowest BCUT2D eigenvalue weighted by Gasteiger charge is -2.35. The molecule has 2 N–H and O–H groups in total. The Kier molecular flexibility index (Phi) is 6.14. The van der Waals surface area contributed by atoms with Crippen LogP contribution < -0.4 is 5.73 Å². The monoisotopic (exact) mass is 265 g/mol. The van der Waals surface area contributed by atoms with Crippen molar-refractivity contribution in [1.29, 1.82) is 5.26 Å². The minimum atomic E-state index is 0. The number of benzene rings is 1. The third kappa shape index (κ3) is 3.46. The topological polar surface area (TPSA) is 53.0 Å². The van der Waals surface area contributed by atoms with E-state index in [0.717, 1.165) is 24.2 Å². The lowest BCUT2D eigenvalue weighted by molar-refractivity contribution is 0.145. The third-order valence-corrected chi connectivity index (χ3v) is 3.53. The summed E-state index contributed by atoms with van der Waals surface area (Å²) in [7, 11) is 0. The van der Waals surface area contributed by atoms with Crippen molar-refractivity contribution < 1.29 is 0 Å². The fraction of sp³-hybridized carbons (Fsp3) is 0.500. The number of nitrogens with two attached hydrogens (primary N) is 1. The van der Waals surface area contributed by atoms with Gasteiger partial charge in [0.1, 0.15) is 0 Å². The van der Waals surface area contributed by atoms with Crippen LogP contribution >= 0.6 is 12.4 Å². The molecule has 1 aromatic rings. The number of hydrogen-bond acceptors (Lipinski definition) is 3. The molecule has 3 nitrogen and oxygen atoms in total. The van der Waals surface area contributed by atoms with E-state index in [9.17, 15) is 0 Å². The van der Waals surface area contributed by atoms with Gasteiger partial charge in [0.05, 0.1) is 11.6 Å². The quantitative estimate of drug-likeness (QED) is 0.912. The van der Waals surface area contributed by atoms with Crippen molar-refractivity contribution in [3.63, 3.8) is 0 Å². The summed E-state index contributed by atoms with van der Waals surface area (Å²) in [6, 6.07) is 10.6. The number of nitriles is 1. The minimum Gasteiger partial charge on any atom is -0.329 e. The van der Waals surface area contributed by atoms with Crippen molar-refractivity contribution in [2.75, 3.05) is 13.1 Å². The maximum atomic E-state index is 9.08. The fourth-order valence-corrected chi connectivity index (χ4v) is 2.52. The second-order valence-electron chi connectivity index (χ2n) is 4.62. The zero-order chi connectivity index (χ0) is 12.1. The molecule has 4 heteroatoms. The average molecular weight is 266 g/mol. The first-order chi connectivity index (χ1) is 8.35. The van der Waals surface area contributed by atoms with E-state index in [1.807, 2.05) is 24.3 Å². The van der Waals surface area contributed by atoms with Crippen LogP contribution in [0.1, 0.15) is 30.4 Å². The summed E-state index contributed by atoms with van der Waals surface area (Å²) in [6.07, 6.45) is 3.70. The van der Waals surface area contributed by atoms with E-state index in [2.05, 4.69) is 11.0 Å². The highest BCUT2D eigenvalue weighted by Crippen LogP contribution is 2.20. The molecule has 1 aromatic carbocycles. The summed E-state index contributed by atoms with van der Waals surface area (Å²) in [5.74, 6) is 0. The van der Waals surface area contributed by atoms with Crippen molar-refractivity contribution >= 4 is 12.4 Å². The predicted octanol–water partition coefficient (Wildman–Crippen LogP) is 2.29. The number of rotatable bonds is 3. The molecule has 1 aliphatic heterocycles. The van der Waals surface area contributed by atoms with E-state index < -0.39 is 0 Å². The highest BCUT2D eigenvalue weighted by Gasteiger charge is 2.21. The Morgan fingerprint density at radius 2 is 2.11 bits per heavy atom. The zero-order valence-electron chi connectivity index (χ0n) is 10.5. The molecule has 1 atom stereocenters. The van der Waals surface area contributed by atoms with Crippen LogP contribution in [0.3, 0.4) is 0 Å².